The molecule has 33 heteroatoms. The topological polar surface area (TPSA) is 226 Å². The van der Waals surface area contributed by atoms with Crippen molar-refractivity contribution in [1.29, 1.82) is 0 Å². The van der Waals surface area contributed by atoms with Crippen LogP contribution in [0.5, 0.6) is 5.75 Å². The number of H-pyrrole nitrogens is 1. The highest BCUT2D eigenvalue weighted by Crippen LogP contribution is 2.64. The summed E-state index contributed by atoms with van der Waals surface area (Å²) in [6.07, 6.45) is -17.8. The number of esters is 2. The number of hydrogen-bond donors (Lipinski definition) is 4. The number of rotatable bonds is 23. The summed E-state index contributed by atoms with van der Waals surface area (Å²) in [5.74, 6) is -55.6. The summed E-state index contributed by atoms with van der Waals surface area (Å²) in [5.41, 5.74) is -1.96. The second-order valence-corrected chi connectivity index (χ2v) is 18.1. The van der Waals surface area contributed by atoms with Gasteiger partial charge in [-0.1, -0.05) is 19.1 Å². The highest BCUT2D eigenvalue weighted by atomic mass is 19.4. The summed E-state index contributed by atoms with van der Waals surface area (Å²) in [7, 11) is 1.01. The number of carbonyl (C=O) groups is 3. The Kier molecular flexibility index (Phi) is 17.6. The van der Waals surface area contributed by atoms with Crippen LogP contribution < -0.4 is 22.0 Å². The van der Waals surface area contributed by atoms with E-state index in [1.807, 2.05) is 4.98 Å². The summed E-state index contributed by atoms with van der Waals surface area (Å²) < 4.78 is 267. The Labute approximate surface area is 440 Å². The van der Waals surface area contributed by atoms with Crippen LogP contribution in [0.4, 0.5) is 74.6 Å². The lowest BCUT2D eigenvalue weighted by molar-refractivity contribution is -0.463. The molecule has 444 valence electrons. The number of nitrogens with zero attached hydrogens (tertiary/aromatic N) is 1. The molecule has 1 aromatic heterocycles. The third kappa shape index (κ3) is 11.7. The Morgan fingerprint density at radius 3 is 1.99 bits per heavy atom. The van der Waals surface area contributed by atoms with Crippen molar-refractivity contribution in [2.45, 2.75) is 117 Å². The van der Waals surface area contributed by atoms with Crippen molar-refractivity contribution in [2.24, 2.45) is 0 Å². The molecule has 2 aromatic carbocycles. The number of aliphatic hydroxyl groups excluding tert-OH is 1. The van der Waals surface area contributed by atoms with Crippen molar-refractivity contribution < 1.29 is 123 Å². The second-order valence-electron chi connectivity index (χ2n) is 18.1. The number of ketones is 1. The number of halogens is 17. The van der Waals surface area contributed by atoms with Crippen LogP contribution in [0.15, 0.2) is 85.7 Å². The van der Waals surface area contributed by atoms with Crippen LogP contribution in [-0.2, 0) is 35.0 Å². The van der Waals surface area contributed by atoms with Gasteiger partial charge in [0.05, 0.1) is 25.2 Å². The van der Waals surface area contributed by atoms with Crippen molar-refractivity contribution >= 4 is 28.7 Å². The first-order chi connectivity index (χ1) is 37.3. The first-order valence-corrected chi connectivity index (χ1v) is 23.1. The van der Waals surface area contributed by atoms with E-state index in [-0.39, 0.29) is 45.5 Å². The Hall–Kier alpha value is -7.13. The minimum absolute atomic E-state index is 0.0292. The molecule has 16 nitrogen and oxygen atoms in total. The number of carbonyl (C=O) groups excluding carboxylic acids is 3. The molecule has 0 radical (unpaired) electrons. The van der Waals surface area contributed by atoms with Gasteiger partial charge in [0.1, 0.15) is 41.7 Å². The van der Waals surface area contributed by atoms with Crippen molar-refractivity contribution in [3.05, 3.63) is 109 Å². The number of phenols is 1. The normalized spacial score (nSPS) is 18.3. The molecule has 0 bridgehead atoms. The predicted molar refractivity (Wildman–Crippen MR) is 240 cm³/mol. The molecule has 0 saturated carbocycles. The number of ether oxygens (including phenoxy) is 4. The van der Waals surface area contributed by atoms with Crippen LogP contribution in [0.1, 0.15) is 54.8 Å². The maximum absolute atomic E-state index is 15.4. The zero-order valence-electron chi connectivity index (χ0n) is 40.9. The molecular formula is C48H40F17N3O13. The fourth-order valence-electron chi connectivity index (χ4n) is 8.31. The van der Waals surface area contributed by atoms with Crippen LogP contribution in [0.3, 0.4) is 0 Å². The lowest BCUT2D eigenvalue weighted by Crippen LogP contribution is -2.76. The molecule has 1 aliphatic carbocycles. The molecule has 4 N–H and O–H groups in total. The molecule has 1 fully saturated rings. The zero-order valence-corrected chi connectivity index (χ0v) is 40.9. The fourth-order valence-corrected chi connectivity index (χ4v) is 8.31. The SMILES string of the molecule is CC[C@H]1O[C@@H](n2ccc(=O)[nH]c2=O)C(OCCC(COC(=O)CCC(=O)Cc2ccc(-c3c4ccc(=O)cc-4oc4cc(O)ccc34)c(C(=O)OC)c2)NC(F)(F)C(F)(F)C(F)(F)C(F)(F)C(F)(F)C(F)(F)C(F)(F)C(F)(F)F)[C@H]1O. The highest BCUT2D eigenvalue weighted by molar-refractivity contribution is 6.08. The number of nitrogens with one attached hydrogen (secondary N) is 2. The molecule has 0 amide bonds. The number of fused-ring (bicyclic) bond motifs is 2. The number of hydrogen-bond acceptors (Lipinski definition) is 14. The number of aromatic amines is 1. The number of methoxy groups -OCH3 is 1. The van der Waals surface area contributed by atoms with Gasteiger partial charge in [0, 0.05) is 66.4 Å². The summed E-state index contributed by atoms with van der Waals surface area (Å²) in [5, 5.41) is 21.5. The van der Waals surface area contributed by atoms with E-state index in [9.17, 15) is 96.1 Å². The summed E-state index contributed by atoms with van der Waals surface area (Å²) >= 11 is 0. The quantitative estimate of drug-likeness (QED) is 0.0209. The third-order valence-corrected chi connectivity index (χ3v) is 12.6. The molecule has 2 unspecified atom stereocenters. The van der Waals surface area contributed by atoms with Gasteiger partial charge in [-0.15, -0.1) is 0 Å². The van der Waals surface area contributed by atoms with Gasteiger partial charge in [-0.05, 0) is 54.3 Å². The molecule has 0 spiro atoms. The Bertz CT molecular complexity index is 3310. The van der Waals surface area contributed by atoms with Crippen LogP contribution >= 0.6 is 0 Å². The van der Waals surface area contributed by atoms with Crippen molar-refractivity contribution in [3.8, 4) is 28.2 Å². The lowest BCUT2D eigenvalue weighted by Gasteiger charge is -2.43. The largest absolute Gasteiger partial charge is 0.508 e. The van der Waals surface area contributed by atoms with Gasteiger partial charge in [-0.2, -0.15) is 74.6 Å². The maximum Gasteiger partial charge on any atom is 0.460 e. The fraction of sp³-hybridized carbons (Fsp3) is 0.458. The van der Waals surface area contributed by atoms with Crippen molar-refractivity contribution in [3.63, 3.8) is 0 Å². The molecule has 3 heterocycles. The van der Waals surface area contributed by atoms with Gasteiger partial charge in [0.2, 0.25) is 0 Å². The van der Waals surface area contributed by atoms with E-state index >= 15 is 17.6 Å². The second kappa shape index (κ2) is 22.7. The molecule has 5 atom stereocenters. The van der Waals surface area contributed by atoms with Gasteiger partial charge >= 0.3 is 65.4 Å². The minimum Gasteiger partial charge on any atom is -0.508 e. The minimum atomic E-state index is -8.92. The van der Waals surface area contributed by atoms with Crippen molar-refractivity contribution in [2.75, 3.05) is 20.3 Å². The van der Waals surface area contributed by atoms with E-state index in [0.29, 0.717) is 21.1 Å². The number of phenolic OH excluding ortho intramolecular Hbond substituents is 1. The van der Waals surface area contributed by atoms with Crippen LogP contribution in [0.2, 0.25) is 0 Å². The predicted octanol–water partition coefficient (Wildman–Crippen LogP) is 8.41. The van der Waals surface area contributed by atoms with E-state index in [1.165, 1.54) is 55.5 Å². The Balaban J connectivity index is 1.23. The molecule has 3 aliphatic rings. The zero-order chi connectivity index (χ0) is 60.8. The summed E-state index contributed by atoms with van der Waals surface area (Å²) in [6, 6.07) is 2.22. The Morgan fingerprint density at radius 2 is 1.38 bits per heavy atom. The number of aliphatic hydroxyl groups is 1. The molecular weight excluding hydrogens is 1150 g/mol. The third-order valence-electron chi connectivity index (χ3n) is 12.6. The smallest absolute Gasteiger partial charge is 0.460 e. The van der Waals surface area contributed by atoms with Crippen molar-refractivity contribution in [1.82, 2.24) is 14.9 Å². The van der Waals surface area contributed by atoms with Crippen LogP contribution in [0, 0.1) is 0 Å². The van der Waals surface area contributed by atoms with Crippen LogP contribution in [0.25, 0.3) is 33.4 Å². The summed E-state index contributed by atoms with van der Waals surface area (Å²) in [4.78, 5) is 77.5. The van der Waals surface area contributed by atoms with Gasteiger partial charge in [0.15, 0.2) is 11.7 Å². The van der Waals surface area contributed by atoms with E-state index < -0.39 is 152 Å². The van der Waals surface area contributed by atoms with E-state index in [2.05, 4.69) is 0 Å². The molecule has 2 aliphatic heterocycles. The Morgan fingerprint density at radius 1 is 0.765 bits per heavy atom. The van der Waals surface area contributed by atoms with E-state index in [1.54, 1.807) is 0 Å². The lowest BCUT2D eigenvalue weighted by atomic mass is 9.89. The van der Waals surface area contributed by atoms with Gasteiger partial charge < -0.3 is 33.6 Å². The molecule has 3 aromatic rings. The van der Waals surface area contributed by atoms with E-state index in [4.69, 9.17) is 23.4 Å². The number of aromatic hydroxyl groups is 1. The first-order valence-electron chi connectivity index (χ1n) is 23.1. The molecule has 81 heavy (non-hydrogen) atoms. The van der Waals surface area contributed by atoms with Crippen LogP contribution in [-0.4, -0.2) is 130 Å². The average molecular weight is 1190 g/mol. The molecule has 6 rings (SSSR count). The first kappa shape index (κ1) is 63.1. The maximum atomic E-state index is 15.4. The summed E-state index contributed by atoms with van der Waals surface area (Å²) in [6.45, 7) is -1.68. The number of benzene rings is 3. The number of aromatic nitrogens is 2. The highest BCUT2D eigenvalue weighted by Gasteiger charge is 2.95. The number of alkyl halides is 17. The molecule has 1 saturated heterocycles. The standard InChI is InChI=1S/C48H40F17N3O13/c1-3-30-36(74)37(38(81-30)68-14-12-33(72)66-40(68)76)78-15-13-22(67-48(64,65)46(59,60)44(55,56)42(51,52)41(49,50)43(53,54)45(57,58)47(61,62)63)20-79-34(73)11-7-23(69)16-21-4-8-26(29(17-21)39(75)77-2)35-27-9-5-24(70)18-31(27)80-32-19-25(71)6-10-28(32)35/h4-6,8-10,12,14,17-19,22,30,36-38,67,70,74H,3,7,11,13,15-16,20H2,1-2H3,(H,66,72,76)/t22?,30-,36+,37?,38-/m1/s1. The van der Waals surface area contributed by atoms with Gasteiger partial charge in [0.25, 0.3) is 5.56 Å². The average Bonchev–Trinajstić information content (AvgIpc) is 3.74. The van der Waals surface area contributed by atoms with Gasteiger partial charge in [-0.25, -0.2) is 14.9 Å². The monoisotopic (exact) mass is 1190 g/mol. The van der Waals surface area contributed by atoms with E-state index in [0.717, 1.165) is 25.4 Å². The number of Topliss-reactive ketones (excluding diaryl/α,β-unsaturated/α-hetero) is 1. The van der Waals surface area contributed by atoms with Gasteiger partial charge in [-0.3, -0.25) is 28.7 Å².